The van der Waals surface area contributed by atoms with Crippen LogP contribution in [-0.2, 0) is 0 Å². The van der Waals surface area contributed by atoms with E-state index in [0.29, 0.717) is 16.2 Å². The number of hydrogen-bond acceptors (Lipinski definition) is 2. The van der Waals surface area contributed by atoms with Gasteiger partial charge in [-0.1, -0.05) is 30.4 Å². The zero-order chi connectivity index (χ0) is 13.1. The quantitative estimate of drug-likeness (QED) is 0.829. The van der Waals surface area contributed by atoms with Crippen LogP contribution in [0.2, 0.25) is 0 Å². The summed E-state index contributed by atoms with van der Waals surface area (Å²) >= 11 is 4.99. The SMILES string of the molecule is Cc1c(F)cccc1Nc1ccccc1C(N)=S. The van der Waals surface area contributed by atoms with E-state index < -0.39 is 0 Å². The van der Waals surface area contributed by atoms with Crippen molar-refractivity contribution in [1.29, 1.82) is 0 Å². The first-order valence-electron chi connectivity index (χ1n) is 5.50. The highest BCUT2D eigenvalue weighted by atomic mass is 32.1. The average molecular weight is 260 g/mol. The molecule has 2 rings (SSSR count). The Labute approximate surface area is 111 Å². The minimum absolute atomic E-state index is 0.243. The molecule has 2 aromatic rings. The molecule has 0 bridgehead atoms. The van der Waals surface area contributed by atoms with E-state index in [0.717, 1.165) is 11.3 Å². The fourth-order valence-electron chi connectivity index (χ4n) is 1.69. The summed E-state index contributed by atoms with van der Waals surface area (Å²) in [5.41, 5.74) is 8.45. The van der Waals surface area contributed by atoms with Crippen LogP contribution in [0.3, 0.4) is 0 Å². The molecule has 18 heavy (non-hydrogen) atoms. The first-order chi connectivity index (χ1) is 8.59. The van der Waals surface area contributed by atoms with E-state index >= 15 is 0 Å². The summed E-state index contributed by atoms with van der Waals surface area (Å²) in [6.45, 7) is 1.72. The number of para-hydroxylation sites is 1. The molecule has 2 nitrogen and oxygen atoms in total. The van der Waals surface area contributed by atoms with Gasteiger partial charge >= 0.3 is 0 Å². The summed E-state index contributed by atoms with van der Waals surface area (Å²) in [7, 11) is 0. The lowest BCUT2D eigenvalue weighted by molar-refractivity contribution is 0.619. The summed E-state index contributed by atoms with van der Waals surface area (Å²) in [6.07, 6.45) is 0. The number of nitrogens with two attached hydrogens (primary N) is 1. The van der Waals surface area contributed by atoms with E-state index in [1.165, 1.54) is 6.07 Å². The minimum atomic E-state index is -0.243. The van der Waals surface area contributed by atoms with E-state index in [-0.39, 0.29) is 5.82 Å². The Hall–Kier alpha value is -1.94. The van der Waals surface area contributed by atoms with Gasteiger partial charge < -0.3 is 11.1 Å². The predicted octanol–water partition coefficient (Wildman–Crippen LogP) is 3.51. The van der Waals surface area contributed by atoms with E-state index in [9.17, 15) is 4.39 Å². The maximum Gasteiger partial charge on any atom is 0.128 e. The summed E-state index contributed by atoms with van der Waals surface area (Å²) in [4.78, 5) is 0.312. The largest absolute Gasteiger partial charge is 0.389 e. The molecule has 0 atom stereocenters. The van der Waals surface area contributed by atoms with Crippen molar-refractivity contribution in [3.8, 4) is 0 Å². The highest BCUT2D eigenvalue weighted by molar-refractivity contribution is 7.80. The zero-order valence-corrected chi connectivity index (χ0v) is 10.7. The third kappa shape index (κ3) is 2.49. The Morgan fingerprint density at radius 2 is 1.78 bits per heavy atom. The van der Waals surface area contributed by atoms with Gasteiger partial charge in [0.05, 0.1) is 0 Å². The lowest BCUT2D eigenvalue weighted by Crippen LogP contribution is -2.12. The number of halogens is 1. The normalized spacial score (nSPS) is 10.1. The van der Waals surface area contributed by atoms with Gasteiger partial charge in [0.1, 0.15) is 10.8 Å². The predicted molar refractivity (Wildman–Crippen MR) is 76.7 cm³/mol. The Kier molecular flexibility index (Phi) is 3.58. The van der Waals surface area contributed by atoms with Crippen LogP contribution in [0.5, 0.6) is 0 Å². The van der Waals surface area contributed by atoms with Gasteiger partial charge in [-0.2, -0.15) is 0 Å². The Bertz CT molecular complexity index is 596. The van der Waals surface area contributed by atoms with Gasteiger partial charge in [0.2, 0.25) is 0 Å². The number of anilines is 2. The second-order valence-corrected chi connectivity index (χ2v) is 4.39. The molecule has 0 fully saturated rings. The lowest BCUT2D eigenvalue weighted by Gasteiger charge is -2.13. The highest BCUT2D eigenvalue weighted by Crippen LogP contribution is 2.24. The van der Waals surface area contributed by atoms with Crippen LogP contribution in [0, 0.1) is 12.7 Å². The molecular formula is C14H13FN2S. The maximum atomic E-state index is 13.5. The van der Waals surface area contributed by atoms with Crippen LogP contribution in [0.25, 0.3) is 0 Å². The van der Waals surface area contributed by atoms with E-state index in [1.807, 2.05) is 30.3 Å². The molecule has 0 heterocycles. The number of rotatable bonds is 3. The minimum Gasteiger partial charge on any atom is -0.389 e. The van der Waals surface area contributed by atoms with Crippen molar-refractivity contribution in [1.82, 2.24) is 0 Å². The van der Waals surface area contributed by atoms with Crippen LogP contribution < -0.4 is 11.1 Å². The second-order valence-electron chi connectivity index (χ2n) is 3.95. The van der Waals surface area contributed by atoms with Gasteiger partial charge in [-0.3, -0.25) is 0 Å². The Balaban J connectivity index is 2.40. The van der Waals surface area contributed by atoms with Crippen molar-refractivity contribution in [3.63, 3.8) is 0 Å². The molecule has 0 saturated heterocycles. The van der Waals surface area contributed by atoms with Crippen molar-refractivity contribution in [2.75, 3.05) is 5.32 Å². The third-order valence-corrected chi connectivity index (χ3v) is 2.95. The van der Waals surface area contributed by atoms with Crippen molar-refractivity contribution >= 4 is 28.6 Å². The first kappa shape index (κ1) is 12.5. The monoisotopic (exact) mass is 260 g/mol. The molecule has 0 amide bonds. The van der Waals surface area contributed by atoms with Crippen molar-refractivity contribution in [2.45, 2.75) is 6.92 Å². The summed E-state index contributed by atoms with van der Waals surface area (Å²) < 4.78 is 13.5. The molecule has 3 N–H and O–H groups in total. The van der Waals surface area contributed by atoms with Gasteiger partial charge in [0.25, 0.3) is 0 Å². The lowest BCUT2D eigenvalue weighted by atomic mass is 10.1. The smallest absolute Gasteiger partial charge is 0.128 e. The van der Waals surface area contributed by atoms with Gasteiger partial charge in [0.15, 0.2) is 0 Å². The third-order valence-electron chi connectivity index (χ3n) is 2.73. The van der Waals surface area contributed by atoms with E-state index in [2.05, 4.69) is 5.32 Å². The Morgan fingerprint density at radius 1 is 1.11 bits per heavy atom. The van der Waals surface area contributed by atoms with Crippen LogP contribution in [0.15, 0.2) is 42.5 Å². The summed E-state index contributed by atoms with van der Waals surface area (Å²) in [5.74, 6) is -0.243. The van der Waals surface area contributed by atoms with Crippen molar-refractivity contribution in [3.05, 3.63) is 59.4 Å². The molecule has 92 valence electrons. The van der Waals surface area contributed by atoms with E-state index in [1.54, 1.807) is 13.0 Å². The summed E-state index contributed by atoms with van der Waals surface area (Å²) in [5, 5.41) is 3.16. The van der Waals surface area contributed by atoms with Gasteiger partial charge in [-0.25, -0.2) is 4.39 Å². The molecule has 0 aliphatic heterocycles. The molecule has 0 spiro atoms. The molecule has 0 saturated carbocycles. The molecule has 0 radical (unpaired) electrons. The molecular weight excluding hydrogens is 247 g/mol. The molecule has 2 aromatic carbocycles. The van der Waals surface area contributed by atoms with Crippen LogP contribution in [0.1, 0.15) is 11.1 Å². The first-order valence-corrected chi connectivity index (χ1v) is 5.91. The van der Waals surface area contributed by atoms with Crippen molar-refractivity contribution < 1.29 is 4.39 Å². The van der Waals surface area contributed by atoms with Gasteiger partial charge in [0, 0.05) is 22.5 Å². The topological polar surface area (TPSA) is 38.0 Å². The molecule has 0 aliphatic rings. The van der Waals surface area contributed by atoms with Crippen LogP contribution in [0.4, 0.5) is 15.8 Å². The van der Waals surface area contributed by atoms with Gasteiger partial charge in [-0.15, -0.1) is 0 Å². The standard InChI is InChI=1S/C14H13FN2S/c1-9-11(15)6-4-8-12(9)17-13-7-3-2-5-10(13)14(16)18/h2-8,17H,1H3,(H2,16,18). The van der Waals surface area contributed by atoms with Gasteiger partial charge in [-0.05, 0) is 31.2 Å². The fourth-order valence-corrected chi connectivity index (χ4v) is 1.87. The van der Waals surface area contributed by atoms with Crippen LogP contribution in [-0.4, -0.2) is 4.99 Å². The van der Waals surface area contributed by atoms with Crippen molar-refractivity contribution in [2.24, 2.45) is 5.73 Å². The van der Waals surface area contributed by atoms with E-state index in [4.69, 9.17) is 18.0 Å². The molecule has 0 aliphatic carbocycles. The number of hydrogen-bond donors (Lipinski definition) is 2. The number of nitrogens with one attached hydrogen (secondary N) is 1. The second kappa shape index (κ2) is 5.14. The Morgan fingerprint density at radius 3 is 2.50 bits per heavy atom. The number of thiocarbonyl (C=S) groups is 1. The number of benzene rings is 2. The van der Waals surface area contributed by atoms with Crippen LogP contribution >= 0.6 is 12.2 Å². The zero-order valence-electron chi connectivity index (χ0n) is 9.91. The maximum absolute atomic E-state index is 13.5. The molecule has 0 unspecified atom stereocenters. The average Bonchev–Trinajstić information content (AvgIpc) is 2.35. The molecule has 0 aromatic heterocycles. The highest BCUT2D eigenvalue weighted by Gasteiger charge is 2.07. The molecule has 4 heteroatoms. The fraction of sp³-hybridized carbons (Fsp3) is 0.0714. The summed E-state index contributed by atoms with van der Waals surface area (Å²) in [6, 6.07) is 12.3.